The van der Waals surface area contributed by atoms with Crippen LogP contribution in [-0.4, -0.2) is 38.5 Å². The molecule has 0 unspecified atom stereocenters. The number of hydrogen-bond acceptors (Lipinski definition) is 6. The summed E-state index contributed by atoms with van der Waals surface area (Å²) in [5.41, 5.74) is 0.0101. The summed E-state index contributed by atoms with van der Waals surface area (Å²) in [5, 5.41) is 15.2. The molecule has 0 amide bonds. The van der Waals surface area contributed by atoms with E-state index in [4.69, 9.17) is 0 Å². The second-order valence-electron chi connectivity index (χ2n) is 4.83. The highest BCUT2D eigenvalue weighted by Gasteiger charge is 2.23. The highest BCUT2D eigenvalue weighted by Crippen LogP contribution is 2.27. The molecule has 1 aliphatic heterocycles. The Hall–Kier alpha value is -1.71. The minimum atomic E-state index is -3.72. The fraction of sp³-hybridized carbons (Fsp3) is 0.500. The summed E-state index contributed by atoms with van der Waals surface area (Å²) in [5.74, 6) is 0. The van der Waals surface area contributed by atoms with Gasteiger partial charge in [0.05, 0.1) is 9.82 Å². The van der Waals surface area contributed by atoms with Crippen molar-refractivity contribution >= 4 is 21.4 Å². The molecule has 21 heavy (non-hydrogen) atoms. The molecule has 8 nitrogen and oxygen atoms in total. The van der Waals surface area contributed by atoms with Crippen LogP contribution in [0.3, 0.4) is 0 Å². The third-order valence-electron chi connectivity index (χ3n) is 3.35. The van der Waals surface area contributed by atoms with Gasteiger partial charge in [0.1, 0.15) is 5.69 Å². The van der Waals surface area contributed by atoms with Crippen LogP contribution in [-0.2, 0) is 10.0 Å². The van der Waals surface area contributed by atoms with Gasteiger partial charge >= 0.3 is 0 Å². The van der Waals surface area contributed by atoms with E-state index in [-0.39, 0.29) is 16.3 Å². The van der Waals surface area contributed by atoms with Gasteiger partial charge in [-0.05, 0) is 25.0 Å². The van der Waals surface area contributed by atoms with Crippen molar-refractivity contribution in [2.24, 2.45) is 0 Å². The number of sulfonamides is 1. The number of nitro groups is 1. The maximum absolute atomic E-state index is 12.3. The largest absolute Gasteiger partial charge is 0.383 e. The van der Waals surface area contributed by atoms with Crippen molar-refractivity contribution in [3.63, 3.8) is 0 Å². The molecule has 0 aromatic heterocycles. The Kier molecular flexibility index (Phi) is 4.76. The Morgan fingerprint density at radius 3 is 2.48 bits per heavy atom. The molecule has 0 atom stereocenters. The smallest absolute Gasteiger partial charge is 0.292 e. The van der Waals surface area contributed by atoms with E-state index >= 15 is 0 Å². The van der Waals surface area contributed by atoms with E-state index < -0.39 is 14.9 Å². The highest BCUT2D eigenvalue weighted by molar-refractivity contribution is 7.89. The predicted octanol–water partition coefficient (Wildman–Crippen LogP) is 1.32. The molecule has 9 heteroatoms. The number of benzene rings is 1. The number of anilines is 1. The lowest BCUT2D eigenvalue weighted by Crippen LogP contribution is -2.44. The van der Waals surface area contributed by atoms with Gasteiger partial charge in [-0.15, -0.1) is 4.83 Å². The Morgan fingerprint density at radius 1 is 1.24 bits per heavy atom. The van der Waals surface area contributed by atoms with E-state index in [0.717, 1.165) is 19.3 Å². The maximum atomic E-state index is 12.3. The second-order valence-corrected chi connectivity index (χ2v) is 6.49. The van der Waals surface area contributed by atoms with Gasteiger partial charge in [-0.1, -0.05) is 6.42 Å². The summed E-state index contributed by atoms with van der Waals surface area (Å²) in [6.45, 7) is 1.34. The fourth-order valence-corrected chi connectivity index (χ4v) is 3.40. The molecule has 0 bridgehead atoms. The normalized spacial score (nSPS) is 16.6. The summed E-state index contributed by atoms with van der Waals surface area (Å²) in [4.78, 5) is 12.8. The Balaban J connectivity index is 2.25. The number of piperidine rings is 1. The van der Waals surface area contributed by atoms with Crippen LogP contribution in [0.4, 0.5) is 11.4 Å². The van der Waals surface area contributed by atoms with E-state index in [1.54, 1.807) is 5.01 Å². The zero-order valence-corrected chi connectivity index (χ0v) is 12.5. The van der Waals surface area contributed by atoms with E-state index in [9.17, 15) is 18.5 Å². The molecule has 1 aromatic carbocycles. The molecular formula is C12H18N4O4S. The summed E-state index contributed by atoms with van der Waals surface area (Å²) < 4.78 is 24.6. The Morgan fingerprint density at radius 2 is 1.90 bits per heavy atom. The molecule has 0 saturated carbocycles. The molecular weight excluding hydrogens is 296 g/mol. The summed E-state index contributed by atoms with van der Waals surface area (Å²) in [6.07, 6.45) is 2.99. The lowest BCUT2D eigenvalue weighted by molar-refractivity contribution is -0.384. The van der Waals surface area contributed by atoms with E-state index in [0.29, 0.717) is 13.1 Å². The first-order chi connectivity index (χ1) is 9.94. The first-order valence-electron chi connectivity index (χ1n) is 6.67. The summed E-state index contributed by atoms with van der Waals surface area (Å²) in [6, 6.07) is 3.70. The topological polar surface area (TPSA) is 105 Å². The lowest BCUT2D eigenvalue weighted by Gasteiger charge is -2.26. The van der Waals surface area contributed by atoms with Crippen LogP contribution < -0.4 is 10.1 Å². The lowest BCUT2D eigenvalue weighted by atomic mass is 10.2. The third-order valence-corrected chi connectivity index (χ3v) is 4.72. The van der Waals surface area contributed by atoms with Crippen LogP contribution in [0, 0.1) is 10.1 Å². The molecule has 0 spiro atoms. The van der Waals surface area contributed by atoms with Gasteiger partial charge in [-0.3, -0.25) is 10.1 Å². The van der Waals surface area contributed by atoms with Crippen molar-refractivity contribution in [2.75, 3.05) is 25.5 Å². The van der Waals surface area contributed by atoms with Gasteiger partial charge in [-0.2, -0.15) is 0 Å². The van der Waals surface area contributed by atoms with Gasteiger partial charge in [0, 0.05) is 26.2 Å². The van der Waals surface area contributed by atoms with Crippen molar-refractivity contribution in [2.45, 2.75) is 24.2 Å². The number of nitrogens with zero attached hydrogens (tertiary/aromatic N) is 2. The van der Waals surface area contributed by atoms with Gasteiger partial charge in [0.15, 0.2) is 0 Å². The number of nitro benzene ring substituents is 1. The SMILES string of the molecule is CNc1cc(S(=O)(=O)NN2CCCCC2)ccc1[N+](=O)[O-]. The quantitative estimate of drug-likeness (QED) is 0.627. The molecule has 2 rings (SSSR count). The zero-order chi connectivity index (χ0) is 15.5. The first-order valence-corrected chi connectivity index (χ1v) is 8.16. The molecule has 2 N–H and O–H groups in total. The maximum Gasteiger partial charge on any atom is 0.292 e. The molecule has 0 radical (unpaired) electrons. The average molecular weight is 314 g/mol. The molecule has 0 aliphatic carbocycles. The molecule has 1 aliphatic rings. The average Bonchev–Trinajstić information content (AvgIpc) is 2.47. The Bertz CT molecular complexity index is 626. The van der Waals surface area contributed by atoms with E-state index in [1.807, 2.05) is 0 Å². The highest BCUT2D eigenvalue weighted by atomic mass is 32.2. The van der Waals surface area contributed by atoms with Crippen molar-refractivity contribution in [1.29, 1.82) is 0 Å². The Labute approximate surface area is 123 Å². The van der Waals surface area contributed by atoms with Crippen molar-refractivity contribution in [1.82, 2.24) is 9.84 Å². The van der Waals surface area contributed by atoms with Crippen molar-refractivity contribution in [3.05, 3.63) is 28.3 Å². The predicted molar refractivity (Wildman–Crippen MR) is 78.4 cm³/mol. The van der Waals surface area contributed by atoms with Crippen LogP contribution in [0.1, 0.15) is 19.3 Å². The van der Waals surface area contributed by atoms with Crippen LogP contribution in [0.25, 0.3) is 0 Å². The van der Waals surface area contributed by atoms with Gasteiger partial charge < -0.3 is 5.32 Å². The first kappa shape index (κ1) is 15.7. The number of hydrogen-bond donors (Lipinski definition) is 2. The van der Waals surface area contributed by atoms with E-state index in [1.165, 1.54) is 25.2 Å². The van der Waals surface area contributed by atoms with Gasteiger partial charge in [0.25, 0.3) is 15.7 Å². The monoisotopic (exact) mass is 314 g/mol. The molecule has 116 valence electrons. The molecule has 1 aromatic rings. The molecule has 1 fully saturated rings. The van der Waals surface area contributed by atoms with E-state index in [2.05, 4.69) is 10.1 Å². The van der Waals surface area contributed by atoms with Gasteiger partial charge in [-0.25, -0.2) is 13.4 Å². The third kappa shape index (κ3) is 3.69. The van der Waals surface area contributed by atoms with Crippen LogP contribution in [0.5, 0.6) is 0 Å². The number of hydrazine groups is 1. The van der Waals surface area contributed by atoms with Crippen LogP contribution >= 0.6 is 0 Å². The second kappa shape index (κ2) is 6.37. The summed E-state index contributed by atoms with van der Waals surface area (Å²) in [7, 11) is -2.21. The fourth-order valence-electron chi connectivity index (χ4n) is 2.25. The minimum absolute atomic E-state index is 0.00280. The van der Waals surface area contributed by atoms with Crippen molar-refractivity contribution in [3.8, 4) is 0 Å². The van der Waals surface area contributed by atoms with Crippen LogP contribution in [0.15, 0.2) is 23.1 Å². The number of nitrogens with one attached hydrogen (secondary N) is 2. The standard InChI is InChI=1S/C12H18N4O4S/c1-13-11-9-10(5-6-12(11)16(17)18)21(19,20)14-15-7-3-2-4-8-15/h5-6,9,13-14H,2-4,7-8H2,1H3. The van der Waals surface area contributed by atoms with Crippen LogP contribution in [0.2, 0.25) is 0 Å². The molecule has 1 saturated heterocycles. The summed E-state index contributed by atoms with van der Waals surface area (Å²) >= 11 is 0. The van der Waals surface area contributed by atoms with Gasteiger partial charge in [0.2, 0.25) is 0 Å². The zero-order valence-electron chi connectivity index (χ0n) is 11.7. The molecule has 1 heterocycles. The number of rotatable bonds is 5. The van der Waals surface area contributed by atoms with Crippen molar-refractivity contribution < 1.29 is 13.3 Å². The minimum Gasteiger partial charge on any atom is -0.383 e.